The van der Waals surface area contributed by atoms with E-state index >= 15 is 0 Å². The minimum atomic E-state index is -3.72. The lowest BCUT2D eigenvalue weighted by molar-refractivity contribution is -0.126. The van der Waals surface area contributed by atoms with Crippen molar-refractivity contribution in [2.24, 2.45) is 5.92 Å². The van der Waals surface area contributed by atoms with Gasteiger partial charge in [0.1, 0.15) is 0 Å². The molecule has 1 unspecified atom stereocenters. The second kappa shape index (κ2) is 8.10. The van der Waals surface area contributed by atoms with Gasteiger partial charge in [-0.3, -0.25) is 9.59 Å². The number of rotatable bonds is 5. The second-order valence-corrected chi connectivity index (χ2v) is 10.0. The van der Waals surface area contributed by atoms with E-state index in [4.69, 9.17) is 0 Å². The van der Waals surface area contributed by atoms with Gasteiger partial charge in [0.2, 0.25) is 21.5 Å². The zero-order valence-corrected chi connectivity index (χ0v) is 17.3. The Balaban J connectivity index is 1.50. The molecule has 1 fully saturated rings. The number of pyridine rings is 1. The van der Waals surface area contributed by atoms with Crippen LogP contribution in [0.3, 0.4) is 0 Å². The molecule has 3 heterocycles. The molecule has 7 nitrogen and oxygen atoms in total. The van der Waals surface area contributed by atoms with Crippen LogP contribution in [0.4, 0.5) is 0 Å². The number of carbonyl (C=O) groups is 1. The van der Waals surface area contributed by atoms with E-state index in [1.165, 1.54) is 16.4 Å². The van der Waals surface area contributed by atoms with Gasteiger partial charge in [-0.15, -0.1) is 11.3 Å². The number of sulfonamides is 1. The summed E-state index contributed by atoms with van der Waals surface area (Å²) >= 11 is 1.57. The second-order valence-electron chi connectivity index (χ2n) is 7.07. The van der Waals surface area contributed by atoms with E-state index in [2.05, 4.69) is 10.3 Å². The van der Waals surface area contributed by atoms with E-state index in [1.54, 1.807) is 29.5 Å². The number of carbonyl (C=O) groups excluding carboxylic acids is 1. The average Bonchev–Trinajstić information content (AvgIpc) is 3.25. The van der Waals surface area contributed by atoms with Gasteiger partial charge in [-0.05, 0) is 53.9 Å². The predicted molar refractivity (Wildman–Crippen MR) is 112 cm³/mol. The monoisotopic (exact) mass is 431 g/mol. The first-order valence-electron chi connectivity index (χ1n) is 9.37. The minimum Gasteiger partial charge on any atom is -0.351 e. The first-order chi connectivity index (χ1) is 13.9. The molecule has 0 saturated carbocycles. The minimum absolute atomic E-state index is 0.116. The summed E-state index contributed by atoms with van der Waals surface area (Å²) in [5, 5.41) is 5.51. The maximum Gasteiger partial charge on any atom is 0.248 e. The van der Waals surface area contributed by atoms with Crippen LogP contribution in [0.1, 0.15) is 17.7 Å². The van der Waals surface area contributed by atoms with E-state index in [1.807, 2.05) is 17.5 Å². The van der Waals surface area contributed by atoms with Crippen molar-refractivity contribution in [1.29, 1.82) is 0 Å². The van der Waals surface area contributed by atoms with Crippen molar-refractivity contribution in [2.45, 2.75) is 24.3 Å². The van der Waals surface area contributed by atoms with Gasteiger partial charge in [0, 0.05) is 29.5 Å². The number of aromatic nitrogens is 1. The van der Waals surface area contributed by atoms with Crippen molar-refractivity contribution in [3.05, 3.63) is 63.1 Å². The van der Waals surface area contributed by atoms with Crippen LogP contribution >= 0.6 is 11.3 Å². The number of nitrogens with zero attached hydrogens (tertiary/aromatic N) is 1. The number of H-pyrrole nitrogens is 1. The molecule has 2 aromatic heterocycles. The molecule has 1 amide bonds. The maximum atomic E-state index is 13.1. The van der Waals surface area contributed by atoms with E-state index in [9.17, 15) is 18.0 Å². The smallest absolute Gasteiger partial charge is 0.248 e. The van der Waals surface area contributed by atoms with Gasteiger partial charge < -0.3 is 10.3 Å². The Bertz CT molecular complexity index is 1190. The Kier molecular flexibility index (Phi) is 5.53. The maximum absolute atomic E-state index is 13.1. The van der Waals surface area contributed by atoms with Gasteiger partial charge in [0.15, 0.2) is 0 Å². The summed E-state index contributed by atoms with van der Waals surface area (Å²) in [7, 11) is -3.72. The SMILES string of the molecule is O=C(NCc1cccs1)C1CCCN(S(=O)(=O)c2ccc3[nH]c(=O)ccc3c2)C1. The zero-order valence-electron chi connectivity index (χ0n) is 15.6. The normalized spacial score (nSPS) is 18.0. The number of aromatic amines is 1. The number of fused-ring (bicyclic) bond motifs is 1. The molecular formula is C20H21N3O4S2. The van der Waals surface area contributed by atoms with Crippen molar-refractivity contribution >= 4 is 38.2 Å². The Morgan fingerprint density at radius 2 is 2.10 bits per heavy atom. The van der Waals surface area contributed by atoms with Crippen LogP contribution in [0.25, 0.3) is 10.9 Å². The molecule has 1 aromatic carbocycles. The van der Waals surface area contributed by atoms with E-state index in [0.717, 1.165) is 4.88 Å². The third-order valence-electron chi connectivity index (χ3n) is 5.10. The van der Waals surface area contributed by atoms with Crippen molar-refractivity contribution in [1.82, 2.24) is 14.6 Å². The van der Waals surface area contributed by atoms with Gasteiger partial charge >= 0.3 is 0 Å². The van der Waals surface area contributed by atoms with Gasteiger partial charge in [-0.25, -0.2) is 8.42 Å². The summed E-state index contributed by atoms with van der Waals surface area (Å²) in [5.41, 5.74) is 0.349. The number of piperidine rings is 1. The lowest BCUT2D eigenvalue weighted by atomic mass is 9.99. The standard InChI is InChI=1S/C20H21N3O4S2/c24-19-8-5-14-11-17(6-7-18(14)22-19)29(26,27)23-9-1-3-15(13-23)20(25)21-12-16-4-2-10-28-16/h2,4-8,10-11,15H,1,3,9,12-13H2,(H,21,25)(H,22,24). The predicted octanol–water partition coefficient (Wildman–Crippen LogP) is 2.31. The largest absolute Gasteiger partial charge is 0.351 e. The van der Waals surface area contributed by atoms with E-state index in [-0.39, 0.29) is 28.8 Å². The zero-order chi connectivity index (χ0) is 20.4. The summed E-state index contributed by atoms with van der Waals surface area (Å²) in [6.45, 7) is 1.02. The molecule has 4 rings (SSSR count). The Morgan fingerprint density at radius 1 is 1.24 bits per heavy atom. The van der Waals surface area contributed by atoms with Gasteiger partial charge in [-0.2, -0.15) is 4.31 Å². The molecule has 1 aliphatic rings. The number of amides is 1. The van der Waals surface area contributed by atoms with Crippen LogP contribution in [-0.4, -0.2) is 36.7 Å². The first-order valence-corrected chi connectivity index (χ1v) is 11.7. The average molecular weight is 432 g/mol. The lowest BCUT2D eigenvalue weighted by Crippen LogP contribution is -2.45. The highest BCUT2D eigenvalue weighted by Crippen LogP contribution is 2.26. The molecule has 152 valence electrons. The van der Waals surface area contributed by atoms with Crippen LogP contribution in [0.5, 0.6) is 0 Å². The van der Waals surface area contributed by atoms with Crippen molar-refractivity contribution in [3.8, 4) is 0 Å². The van der Waals surface area contributed by atoms with Gasteiger partial charge in [0.25, 0.3) is 0 Å². The quantitative estimate of drug-likeness (QED) is 0.648. The van der Waals surface area contributed by atoms with Gasteiger partial charge in [-0.1, -0.05) is 6.07 Å². The van der Waals surface area contributed by atoms with Crippen LogP contribution in [0.15, 0.2) is 57.5 Å². The van der Waals surface area contributed by atoms with Crippen LogP contribution in [0, 0.1) is 5.92 Å². The van der Waals surface area contributed by atoms with E-state index in [0.29, 0.717) is 36.8 Å². The molecule has 1 atom stereocenters. The van der Waals surface area contributed by atoms with Crippen LogP contribution < -0.4 is 10.9 Å². The molecule has 3 aromatic rings. The molecule has 29 heavy (non-hydrogen) atoms. The summed E-state index contributed by atoms with van der Waals surface area (Å²) in [5.74, 6) is -0.482. The highest BCUT2D eigenvalue weighted by atomic mass is 32.2. The highest BCUT2D eigenvalue weighted by Gasteiger charge is 2.33. The number of hydrogen-bond donors (Lipinski definition) is 2. The van der Waals surface area contributed by atoms with E-state index < -0.39 is 10.0 Å². The third-order valence-corrected chi connectivity index (χ3v) is 7.84. The fourth-order valence-corrected chi connectivity index (χ4v) is 5.75. The third kappa shape index (κ3) is 4.26. The summed E-state index contributed by atoms with van der Waals surface area (Å²) < 4.78 is 27.7. The molecule has 2 N–H and O–H groups in total. The fraction of sp³-hybridized carbons (Fsp3) is 0.300. The molecule has 0 spiro atoms. The lowest BCUT2D eigenvalue weighted by Gasteiger charge is -2.31. The number of hydrogen-bond acceptors (Lipinski definition) is 5. The molecule has 0 radical (unpaired) electrons. The Morgan fingerprint density at radius 3 is 2.90 bits per heavy atom. The summed E-state index contributed by atoms with van der Waals surface area (Å²) in [4.78, 5) is 27.9. The topological polar surface area (TPSA) is 99.3 Å². The summed E-state index contributed by atoms with van der Waals surface area (Å²) in [6, 6.07) is 11.5. The summed E-state index contributed by atoms with van der Waals surface area (Å²) in [6.07, 6.45) is 1.30. The molecule has 1 saturated heterocycles. The Hall–Kier alpha value is -2.49. The number of benzene rings is 1. The van der Waals surface area contributed by atoms with Crippen molar-refractivity contribution in [2.75, 3.05) is 13.1 Å². The number of nitrogens with one attached hydrogen (secondary N) is 2. The van der Waals surface area contributed by atoms with Crippen molar-refractivity contribution < 1.29 is 13.2 Å². The number of thiophene rings is 1. The van der Waals surface area contributed by atoms with Crippen molar-refractivity contribution in [3.63, 3.8) is 0 Å². The molecule has 1 aliphatic heterocycles. The Labute approximate surface area is 172 Å². The molecular weight excluding hydrogens is 410 g/mol. The van der Waals surface area contributed by atoms with Crippen LogP contribution in [0.2, 0.25) is 0 Å². The fourth-order valence-electron chi connectivity index (χ4n) is 3.55. The highest BCUT2D eigenvalue weighted by molar-refractivity contribution is 7.89. The molecule has 0 bridgehead atoms. The first kappa shape index (κ1) is 19.8. The molecule has 0 aliphatic carbocycles. The molecule has 9 heteroatoms. The van der Waals surface area contributed by atoms with Gasteiger partial charge in [0.05, 0.1) is 17.4 Å². The van der Waals surface area contributed by atoms with Crippen LogP contribution in [-0.2, 0) is 21.4 Å².